The van der Waals surface area contributed by atoms with Crippen LogP contribution in [-0.4, -0.2) is 53.3 Å². The molecule has 1 fully saturated rings. The van der Waals surface area contributed by atoms with Crippen LogP contribution < -0.4 is 4.74 Å². The number of rotatable bonds is 8. The summed E-state index contributed by atoms with van der Waals surface area (Å²) in [6.45, 7) is 7.20. The molecule has 0 bridgehead atoms. The zero-order chi connectivity index (χ0) is 22.0. The first-order valence-corrected chi connectivity index (χ1v) is 10.2. The number of amides is 1. The summed E-state index contributed by atoms with van der Waals surface area (Å²) in [7, 11) is 1.55. The number of esters is 1. The highest BCUT2D eigenvalue weighted by Gasteiger charge is 2.40. The summed E-state index contributed by atoms with van der Waals surface area (Å²) in [4.78, 5) is 43.5. The molecule has 1 amide bonds. The number of benzene rings is 1. The van der Waals surface area contributed by atoms with E-state index in [1.54, 1.807) is 64.0 Å². The van der Waals surface area contributed by atoms with Crippen molar-refractivity contribution in [3.05, 3.63) is 52.3 Å². The lowest BCUT2D eigenvalue weighted by Gasteiger charge is -2.29. The number of aromatic amines is 1. The number of hydrogen-bond donors (Lipinski definition) is 1. The van der Waals surface area contributed by atoms with Crippen molar-refractivity contribution in [3.63, 3.8) is 0 Å². The Morgan fingerprint density at radius 1 is 1.23 bits per heavy atom. The SMILES string of the molecule is CCOC(=O)c1[nH]c(C)c(C(=O)[C@H](C)N(C(=O)c2cccc(OC)c2)C2CC2)c1C. The Labute approximate surface area is 176 Å². The Kier molecular flexibility index (Phi) is 6.29. The van der Waals surface area contributed by atoms with Gasteiger partial charge in [-0.15, -0.1) is 0 Å². The molecule has 7 nitrogen and oxygen atoms in total. The highest BCUT2D eigenvalue weighted by molar-refractivity contribution is 6.07. The fraction of sp³-hybridized carbons (Fsp3) is 0.435. The van der Waals surface area contributed by atoms with Crippen LogP contribution in [0.3, 0.4) is 0 Å². The van der Waals surface area contributed by atoms with E-state index in [4.69, 9.17) is 9.47 Å². The maximum atomic E-state index is 13.4. The minimum absolute atomic E-state index is 0.0340. The molecule has 0 radical (unpaired) electrons. The van der Waals surface area contributed by atoms with Gasteiger partial charge in [-0.3, -0.25) is 9.59 Å². The number of nitrogens with one attached hydrogen (secondary N) is 1. The van der Waals surface area contributed by atoms with E-state index < -0.39 is 12.0 Å². The number of nitrogens with zero attached hydrogens (tertiary/aromatic N) is 1. The summed E-state index contributed by atoms with van der Waals surface area (Å²) in [6, 6.07) is 6.31. The van der Waals surface area contributed by atoms with E-state index in [2.05, 4.69) is 4.98 Å². The molecule has 0 saturated heterocycles. The topological polar surface area (TPSA) is 88.7 Å². The zero-order valence-corrected chi connectivity index (χ0v) is 18.1. The second-order valence-corrected chi connectivity index (χ2v) is 7.56. The largest absolute Gasteiger partial charge is 0.497 e. The molecule has 0 unspecified atom stereocenters. The Hall–Kier alpha value is -3.09. The molecular formula is C23H28N2O5. The van der Waals surface area contributed by atoms with Crippen molar-refractivity contribution < 1.29 is 23.9 Å². The van der Waals surface area contributed by atoms with E-state index in [-0.39, 0.29) is 30.0 Å². The Balaban J connectivity index is 1.91. The molecule has 1 heterocycles. The Morgan fingerprint density at radius 2 is 1.93 bits per heavy atom. The molecule has 1 aliphatic carbocycles. The van der Waals surface area contributed by atoms with Crippen molar-refractivity contribution in [2.45, 2.75) is 52.6 Å². The quantitative estimate of drug-likeness (QED) is 0.528. The molecule has 1 saturated carbocycles. The van der Waals surface area contributed by atoms with Crippen LogP contribution >= 0.6 is 0 Å². The van der Waals surface area contributed by atoms with E-state index in [1.165, 1.54) is 0 Å². The van der Waals surface area contributed by atoms with Crippen LogP contribution in [0.15, 0.2) is 24.3 Å². The number of carbonyl (C=O) groups excluding carboxylic acids is 3. The Bertz CT molecular complexity index is 974. The van der Waals surface area contributed by atoms with Gasteiger partial charge in [-0.25, -0.2) is 4.79 Å². The standard InChI is InChI=1S/C23H28N2O5/c1-6-30-23(28)20-13(2)19(14(3)24-20)21(26)15(4)25(17-10-11-17)22(27)16-8-7-9-18(12-16)29-5/h7-9,12,15,17,24H,6,10-11H2,1-5H3/t15-/m0/s1. The molecule has 3 rings (SSSR count). The first-order valence-electron chi connectivity index (χ1n) is 10.2. The average molecular weight is 412 g/mol. The maximum absolute atomic E-state index is 13.4. The summed E-state index contributed by atoms with van der Waals surface area (Å²) < 4.78 is 10.3. The molecule has 160 valence electrons. The van der Waals surface area contributed by atoms with Gasteiger partial charge in [0.05, 0.1) is 19.8 Å². The molecule has 1 aromatic heterocycles. The smallest absolute Gasteiger partial charge is 0.355 e. The maximum Gasteiger partial charge on any atom is 0.355 e. The van der Waals surface area contributed by atoms with Gasteiger partial charge in [0.1, 0.15) is 11.4 Å². The van der Waals surface area contributed by atoms with Gasteiger partial charge >= 0.3 is 5.97 Å². The van der Waals surface area contributed by atoms with Crippen LogP contribution in [0.4, 0.5) is 0 Å². The number of aromatic nitrogens is 1. The monoisotopic (exact) mass is 412 g/mol. The second kappa shape index (κ2) is 8.73. The number of ketones is 1. The minimum atomic E-state index is -0.667. The Morgan fingerprint density at radius 3 is 2.53 bits per heavy atom. The van der Waals surface area contributed by atoms with Crippen molar-refractivity contribution in [2.75, 3.05) is 13.7 Å². The zero-order valence-electron chi connectivity index (χ0n) is 18.1. The van der Waals surface area contributed by atoms with Crippen molar-refractivity contribution in [3.8, 4) is 5.75 Å². The van der Waals surface area contributed by atoms with Crippen LogP contribution in [0.5, 0.6) is 5.75 Å². The fourth-order valence-corrected chi connectivity index (χ4v) is 3.78. The first kappa shape index (κ1) is 21.6. The molecule has 0 spiro atoms. The molecule has 1 aromatic carbocycles. The predicted octanol–water partition coefficient (Wildman–Crippen LogP) is 3.69. The van der Waals surface area contributed by atoms with Gasteiger partial charge in [-0.2, -0.15) is 0 Å². The molecule has 1 aliphatic rings. The number of Topliss-reactive ketones (excluding diaryl/α,β-unsaturated/α-hetero) is 1. The summed E-state index contributed by atoms with van der Waals surface area (Å²) in [5.41, 5.74) is 2.34. The third-order valence-electron chi connectivity index (χ3n) is 5.45. The van der Waals surface area contributed by atoms with E-state index in [0.29, 0.717) is 28.1 Å². The number of hydrogen-bond acceptors (Lipinski definition) is 5. The average Bonchev–Trinajstić information content (AvgIpc) is 3.52. The van der Waals surface area contributed by atoms with Crippen molar-refractivity contribution >= 4 is 17.7 Å². The van der Waals surface area contributed by atoms with Crippen LogP contribution in [0, 0.1) is 13.8 Å². The van der Waals surface area contributed by atoms with Crippen LogP contribution in [0.25, 0.3) is 0 Å². The number of methoxy groups -OCH3 is 1. The van der Waals surface area contributed by atoms with Gasteiger partial charge < -0.3 is 19.4 Å². The molecule has 30 heavy (non-hydrogen) atoms. The summed E-state index contributed by atoms with van der Waals surface area (Å²) in [5.74, 6) is -0.294. The lowest BCUT2D eigenvalue weighted by atomic mass is 9.99. The normalized spacial score (nSPS) is 14.2. The second-order valence-electron chi connectivity index (χ2n) is 7.56. The highest BCUT2D eigenvalue weighted by Crippen LogP contribution is 2.32. The van der Waals surface area contributed by atoms with Crippen molar-refractivity contribution in [1.82, 2.24) is 9.88 Å². The van der Waals surface area contributed by atoms with E-state index in [0.717, 1.165) is 12.8 Å². The van der Waals surface area contributed by atoms with E-state index >= 15 is 0 Å². The van der Waals surface area contributed by atoms with Crippen LogP contribution in [-0.2, 0) is 4.74 Å². The van der Waals surface area contributed by atoms with Crippen LogP contribution in [0.1, 0.15) is 69.2 Å². The van der Waals surface area contributed by atoms with Crippen molar-refractivity contribution in [1.29, 1.82) is 0 Å². The molecule has 1 atom stereocenters. The van der Waals surface area contributed by atoms with E-state index in [1.807, 2.05) is 0 Å². The summed E-state index contributed by atoms with van der Waals surface area (Å²) in [5, 5.41) is 0. The molecule has 2 aromatic rings. The lowest BCUT2D eigenvalue weighted by Crippen LogP contribution is -2.45. The number of aryl methyl sites for hydroxylation is 1. The van der Waals surface area contributed by atoms with Crippen molar-refractivity contribution in [2.24, 2.45) is 0 Å². The van der Waals surface area contributed by atoms with Gasteiger partial charge in [-0.05, 0) is 64.3 Å². The van der Waals surface area contributed by atoms with Gasteiger partial charge in [0, 0.05) is 22.9 Å². The van der Waals surface area contributed by atoms with Gasteiger partial charge in [-0.1, -0.05) is 6.07 Å². The summed E-state index contributed by atoms with van der Waals surface area (Å²) in [6.07, 6.45) is 1.74. The number of carbonyl (C=O) groups is 3. The highest BCUT2D eigenvalue weighted by atomic mass is 16.5. The molecule has 1 N–H and O–H groups in total. The number of ether oxygens (including phenoxy) is 2. The third kappa shape index (κ3) is 4.10. The van der Waals surface area contributed by atoms with E-state index in [9.17, 15) is 14.4 Å². The van der Waals surface area contributed by atoms with Crippen LogP contribution in [0.2, 0.25) is 0 Å². The van der Waals surface area contributed by atoms with Gasteiger partial charge in [0.15, 0.2) is 5.78 Å². The van der Waals surface area contributed by atoms with Gasteiger partial charge in [0.2, 0.25) is 0 Å². The molecule has 0 aliphatic heterocycles. The fourth-order valence-electron chi connectivity index (χ4n) is 3.78. The minimum Gasteiger partial charge on any atom is -0.497 e. The number of H-pyrrole nitrogens is 1. The lowest BCUT2D eigenvalue weighted by molar-refractivity contribution is 0.0518. The first-order chi connectivity index (χ1) is 14.3. The third-order valence-corrected chi connectivity index (χ3v) is 5.45. The predicted molar refractivity (Wildman–Crippen MR) is 112 cm³/mol. The van der Waals surface area contributed by atoms with Gasteiger partial charge in [0.25, 0.3) is 5.91 Å². The molecular weight excluding hydrogens is 384 g/mol. The molecule has 7 heteroatoms. The summed E-state index contributed by atoms with van der Waals surface area (Å²) >= 11 is 0.